The fraction of sp³-hybridized carbons (Fsp3) is 0.250. The minimum Gasteiger partial charge on any atom is -0.483 e. The average Bonchev–Trinajstić information content (AvgIpc) is 2.84. The summed E-state index contributed by atoms with van der Waals surface area (Å²) in [6.45, 7) is 1.95. The molecule has 0 fully saturated rings. The van der Waals surface area contributed by atoms with Gasteiger partial charge in [-0.1, -0.05) is 19.1 Å². The van der Waals surface area contributed by atoms with Crippen LogP contribution in [0.5, 0.6) is 5.75 Å². The molecule has 0 spiro atoms. The maximum atomic E-state index is 11.0. The Bertz CT molecular complexity index is 551. The zero-order valence-corrected chi connectivity index (χ0v) is 9.79. The first-order valence-corrected chi connectivity index (χ1v) is 5.47. The molecule has 0 atom stereocenters. The van der Waals surface area contributed by atoms with E-state index < -0.39 is 5.97 Å². The van der Waals surface area contributed by atoms with Crippen LogP contribution in [-0.4, -0.2) is 21.3 Å². The first-order valence-electron chi connectivity index (χ1n) is 5.47. The van der Waals surface area contributed by atoms with Crippen molar-refractivity contribution in [2.24, 2.45) is 0 Å². The first kappa shape index (κ1) is 12.1. The highest BCUT2D eigenvalue weighted by atomic mass is 16.5. The van der Waals surface area contributed by atoms with Crippen LogP contribution in [0.3, 0.4) is 0 Å². The SMILES string of the molecule is CCc1nnc(COc2ccccc2C(=O)O)o1. The summed E-state index contributed by atoms with van der Waals surface area (Å²) in [5.74, 6) is 0.0961. The summed E-state index contributed by atoms with van der Waals surface area (Å²) in [6.07, 6.45) is 0.652. The van der Waals surface area contributed by atoms with Crippen LogP contribution in [0.15, 0.2) is 28.7 Å². The summed E-state index contributed by atoms with van der Waals surface area (Å²) >= 11 is 0. The molecule has 2 aromatic rings. The third-order valence-corrected chi connectivity index (χ3v) is 2.28. The Hall–Kier alpha value is -2.37. The van der Waals surface area contributed by atoms with Crippen LogP contribution in [-0.2, 0) is 13.0 Å². The normalized spacial score (nSPS) is 10.3. The molecule has 18 heavy (non-hydrogen) atoms. The molecule has 0 amide bonds. The van der Waals surface area contributed by atoms with Gasteiger partial charge in [0.2, 0.25) is 5.89 Å². The number of hydrogen-bond acceptors (Lipinski definition) is 5. The highest BCUT2D eigenvalue weighted by Gasteiger charge is 2.11. The van der Waals surface area contributed by atoms with Gasteiger partial charge in [-0.2, -0.15) is 0 Å². The smallest absolute Gasteiger partial charge is 0.339 e. The number of nitrogens with zero attached hydrogens (tertiary/aromatic N) is 2. The van der Waals surface area contributed by atoms with Gasteiger partial charge in [0.25, 0.3) is 5.89 Å². The van der Waals surface area contributed by atoms with E-state index in [9.17, 15) is 4.79 Å². The highest BCUT2D eigenvalue weighted by Crippen LogP contribution is 2.19. The van der Waals surface area contributed by atoms with Crippen molar-refractivity contribution >= 4 is 5.97 Å². The van der Waals surface area contributed by atoms with Gasteiger partial charge in [0.05, 0.1) is 0 Å². The molecule has 6 heteroatoms. The summed E-state index contributed by atoms with van der Waals surface area (Å²) in [7, 11) is 0. The lowest BCUT2D eigenvalue weighted by Crippen LogP contribution is -2.03. The van der Waals surface area contributed by atoms with E-state index in [0.717, 1.165) is 0 Å². The third-order valence-electron chi connectivity index (χ3n) is 2.28. The van der Waals surface area contributed by atoms with Gasteiger partial charge < -0.3 is 14.3 Å². The molecule has 0 aliphatic heterocycles. The van der Waals surface area contributed by atoms with Gasteiger partial charge in [-0.25, -0.2) is 4.79 Å². The lowest BCUT2D eigenvalue weighted by Gasteiger charge is -2.06. The Balaban J connectivity index is 2.08. The number of carboxylic acids is 1. The highest BCUT2D eigenvalue weighted by molar-refractivity contribution is 5.90. The van der Waals surface area contributed by atoms with Gasteiger partial charge in [0.15, 0.2) is 6.61 Å². The summed E-state index contributed by atoms with van der Waals surface area (Å²) in [5, 5.41) is 16.6. The Kier molecular flexibility index (Phi) is 3.57. The molecular formula is C12H12N2O4. The van der Waals surface area contributed by atoms with E-state index in [1.807, 2.05) is 6.92 Å². The lowest BCUT2D eigenvalue weighted by atomic mass is 10.2. The zero-order chi connectivity index (χ0) is 13.0. The lowest BCUT2D eigenvalue weighted by molar-refractivity contribution is 0.0691. The number of benzene rings is 1. The van der Waals surface area contributed by atoms with Crippen LogP contribution in [0.4, 0.5) is 0 Å². The predicted molar refractivity (Wildman–Crippen MR) is 61.4 cm³/mol. The van der Waals surface area contributed by atoms with Crippen LogP contribution >= 0.6 is 0 Å². The van der Waals surface area contributed by atoms with Gasteiger partial charge in [-0.15, -0.1) is 10.2 Å². The molecule has 0 bridgehead atoms. The second-order valence-electron chi connectivity index (χ2n) is 3.53. The molecule has 1 N–H and O–H groups in total. The molecule has 0 saturated heterocycles. The van der Waals surface area contributed by atoms with Gasteiger partial charge in [0.1, 0.15) is 11.3 Å². The standard InChI is InChI=1S/C12H12N2O4/c1-2-10-13-14-11(18-10)7-17-9-6-4-3-5-8(9)12(15)16/h3-6H,2,7H2,1H3,(H,15,16). The monoisotopic (exact) mass is 248 g/mol. The third kappa shape index (κ3) is 2.65. The first-order chi connectivity index (χ1) is 8.70. The molecular weight excluding hydrogens is 236 g/mol. The van der Waals surface area contributed by atoms with Crippen molar-refractivity contribution in [3.05, 3.63) is 41.6 Å². The van der Waals surface area contributed by atoms with E-state index >= 15 is 0 Å². The number of ether oxygens (including phenoxy) is 1. The number of aromatic carboxylic acids is 1. The number of carboxylic acid groups (broad SMARTS) is 1. The Morgan fingerprint density at radius 3 is 2.72 bits per heavy atom. The van der Waals surface area contributed by atoms with Crippen molar-refractivity contribution in [1.29, 1.82) is 0 Å². The van der Waals surface area contributed by atoms with Crippen LogP contribution in [0, 0.1) is 0 Å². The number of aromatic nitrogens is 2. The molecule has 1 aromatic carbocycles. The number of carbonyl (C=O) groups is 1. The summed E-state index contributed by atoms with van der Waals surface area (Å²) < 4.78 is 10.6. The molecule has 6 nitrogen and oxygen atoms in total. The van der Waals surface area contributed by atoms with Crippen LogP contribution in [0.25, 0.3) is 0 Å². The van der Waals surface area contributed by atoms with Gasteiger partial charge in [-0.3, -0.25) is 0 Å². The summed E-state index contributed by atoms with van der Waals surface area (Å²) in [6, 6.07) is 6.40. The predicted octanol–water partition coefficient (Wildman–Crippen LogP) is 1.91. The van der Waals surface area contributed by atoms with Crippen molar-refractivity contribution in [3.63, 3.8) is 0 Å². The second-order valence-corrected chi connectivity index (χ2v) is 3.53. The Labute approximate surface area is 103 Å². The summed E-state index contributed by atoms with van der Waals surface area (Å²) in [5.41, 5.74) is 0.104. The van der Waals surface area contributed by atoms with Crippen LogP contribution in [0.1, 0.15) is 29.1 Å². The fourth-order valence-electron chi connectivity index (χ4n) is 1.40. The van der Waals surface area contributed by atoms with Gasteiger partial charge >= 0.3 is 5.97 Å². The quantitative estimate of drug-likeness (QED) is 0.869. The van der Waals surface area contributed by atoms with E-state index in [0.29, 0.717) is 18.2 Å². The van der Waals surface area contributed by atoms with E-state index in [1.54, 1.807) is 18.2 Å². The van der Waals surface area contributed by atoms with E-state index in [-0.39, 0.29) is 17.9 Å². The molecule has 1 aromatic heterocycles. The maximum Gasteiger partial charge on any atom is 0.339 e. The number of rotatable bonds is 5. The van der Waals surface area contributed by atoms with Gasteiger partial charge in [-0.05, 0) is 12.1 Å². The average molecular weight is 248 g/mol. The zero-order valence-electron chi connectivity index (χ0n) is 9.79. The number of aryl methyl sites for hydroxylation is 1. The maximum absolute atomic E-state index is 11.0. The van der Waals surface area contributed by atoms with Crippen molar-refractivity contribution < 1.29 is 19.1 Å². The van der Waals surface area contributed by atoms with E-state index in [4.69, 9.17) is 14.3 Å². The molecule has 1 heterocycles. The molecule has 0 radical (unpaired) electrons. The fourth-order valence-corrected chi connectivity index (χ4v) is 1.40. The van der Waals surface area contributed by atoms with Crippen LogP contribution < -0.4 is 4.74 Å². The molecule has 0 aliphatic carbocycles. The van der Waals surface area contributed by atoms with E-state index in [1.165, 1.54) is 6.07 Å². The number of hydrogen-bond donors (Lipinski definition) is 1. The molecule has 94 valence electrons. The second kappa shape index (κ2) is 5.31. The topological polar surface area (TPSA) is 85.5 Å². The van der Waals surface area contributed by atoms with Crippen molar-refractivity contribution in [2.45, 2.75) is 20.0 Å². The molecule has 2 rings (SSSR count). The largest absolute Gasteiger partial charge is 0.483 e. The molecule has 0 aliphatic rings. The minimum absolute atomic E-state index is 0.0529. The number of para-hydroxylation sites is 1. The van der Waals surface area contributed by atoms with Crippen molar-refractivity contribution in [3.8, 4) is 5.75 Å². The molecule has 0 unspecified atom stereocenters. The Morgan fingerprint density at radius 1 is 1.33 bits per heavy atom. The van der Waals surface area contributed by atoms with E-state index in [2.05, 4.69) is 10.2 Å². The van der Waals surface area contributed by atoms with Crippen molar-refractivity contribution in [1.82, 2.24) is 10.2 Å². The van der Waals surface area contributed by atoms with Gasteiger partial charge in [0, 0.05) is 6.42 Å². The Morgan fingerprint density at radius 2 is 2.06 bits per heavy atom. The summed E-state index contributed by atoms with van der Waals surface area (Å²) in [4.78, 5) is 11.0. The minimum atomic E-state index is -1.04. The van der Waals surface area contributed by atoms with Crippen molar-refractivity contribution in [2.75, 3.05) is 0 Å². The van der Waals surface area contributed by atoms with Crippen LogP contribution in [0.2, 0.25) is 0 Å². The molecule has 0 saturated carbocycles.